The average Bonchev–Trinajstić information content (AvgIpc) is 2.81. The second-order valence-corrected chi connectivity index (χ2v) is 5.68. The SMILES string of the molecule is COCCn1c(CN)nnc1-c1cc(Br)ccc1Br. The van der Waals surface area contributed by atoms with Crippen LogP contribution in [-0.2, 0) is 17.8 Å². The lowest BCUT2D eigenvalue weighted by Crippen LogP contribution is -2.12. The lowest BCUT2D eigenvalue weighted by atomic mass is 10.2. The van der Waals surface area contributed by atoms with Crippen LogP contribution < -0.4 is 5.73 Å². The molecule has 0 spiro atoms. The molecule has 0 radical (unpaired) electrons. The molecule has 2 N–H and O–H groups in total. The zero-order valence-electron chi connectivity index (χ0n) is 10.4. The number of methoxy groups -OCH3 is 1. The van der Waals surface area contributed by atoms with Gasteiger partial charge >= 0.3 is 0 Å². The fourth-order valence-corrected chi connectivity index (χ4v) is 2.56. The van der Waals surface area contributed by atoms with Gasteiger partial charge in [-0.25, -0.2) is 0 Å². The molecular weight excluding hydrogens is 376 g/mol. The first kappa shape index (κ1) is 14.6. The third-order valence-electron chi connectivity index (χ3n) is 2.70. The monoisotopic (exact) mass is 388 g/mol. The molecule has 2 aromatic rings. The molecule has 0 aliphatic rings. The summed E-state index contributed by atoms with van der Waals surface area (Å²) in [5, 5.41) is 8.37. The Balaban J connectivity index is 2.49. The van der Waals surface area contributed by atoms with Crippen LogP contribution in [0.3, 0.4) is 0 Å². The van der Waals surface area contributed by atoms with Gasteiger partial charge in [-0.05, 0) is 18.2 Å². The minimum absolute atomic E-state index is 0.350. The molecule has 19 heavy (non-hydrogen) atoms. The summed E-state index contributed by atoms with van der Waals surface area (Å²) in [6.45, 7) is 1.61. The molecule has 0 saturated carbocycles. The normalized spacial score (nSPS) is 10.9. The minimum atomic E-state index is 0.350. The fraction of sp³-hybridized carbons (Fsp3) is 0.333. The summed E-state index contributed by atoms with van der Waals surface area (Å²) >= 11 is 7.00. The second-order valence-electron chi connectivity index (χ2n) is 3.91. The number of halogens is 2. The van der Waals surface area contributed by atoms with E-state index in [4.69, 9.17) is 10.5 Å². The first-order valence-corrected chi connectivity index (χ1v) is 7.32. The Bertz CT molecular complexity index is 571. The van der Waals surface area contributed by atoms with Gasteiger partial charge < -0.3 is 15.0 Å². The Morgan fingerprint density at radius 1 is 1.32 bits per heavy atom. The second kappa shape index (κ2) is 6.60. The van der Waals surface area contributed by atoms with Crippen LogP contribution in [0, 0.1) is 0 Å². The molecule has 7 heteroatoms. The zero-order valence-corrected chi connectivity index (χ0v) is 13.6. The maximum absolute atomic E-state index is 5.70. The van der Waals surface area contributed by atoms with Crippen LogP contribution in [0.25, 0.3) is 11.4 Å². The molecule has 2 rings (SSSR count). The van der Waals surface area contributed by atoms with Crippen molar-refractivity contribution < 1.29 is 4.74 Å². The Labute approximate surface area is 128 Å². The highest BCUT2D eigenvalue weighted by atomic mass is 79.9. The van der Waals surface area contributed by atoms with Crippen molar-refractivity contribution in [1.82, 2.24) is 14.8 Å². The van der Waals surface area contributed by atoms with Gasteiger partial charge in [0.2, 0.25) is 0 Å². The van der Waals surface area contributed by atoms with E-state index < -0.39 is 0 Å². The highest BCUT2D eigenvalue weighted by molar-refractivity contribution is 9.11. The van der Waals surface area contributed by atoms with Gasteiger partial charge in [-0.3, -0.25) is 0 Å². The molecule has 0 amide bonds. The summed E-state index contributed by atoms with van der Waals surface area (Å²) in [4.78, 5) is 0. The molecular formula is C12H14Br2N4O. The number of nitrogens with two attached hydrogens (primary N) is 1. The van der Waals surface area contributed by atoms with E-state index in [1.165, 1.54) is 0 Å². The topological polar surface area (TPSA) is 66.0 Å². The molecule has 1 aromatic heterocycles. The number of rotatable bonds is 5. The maximum Gasteiger partial charge on any atom is 0.165 e. The fourth-order valence-electron chi connectivity index (χ4n) is 1.77. The summed E-state index contributed by atoms with van der Waals surface area (Å²) in [5.74, 6) is 1.53. The Morgan fingerprint density at radius 3 is 2.79 bits per heavy atom. The van der Waals surface area contributed by atoms with Crippen LogP contribution in [0.1, 0.15) is 5.82 Å². The average molecular weight is 390 g/mol. The van der Waals surface area contributed by atoms with Gasteiger partial charge in [-0.15, -0.1) is 10.2 Å². The van der Waals surface area contributed by atoms with Gasteiger partial charge in [0, 0.05) is 28.2 Å². The number of aromatic nitrogens is 3. The molecule has 0 bridgehead atoms. The molecule has 0 fully saturated rings. The van der Waals surface area contributed by atoms with Gasteiger partial charge in [0.1, 0.15) is 5.82 Å². The van der Waals surface area contributed by atoms with Crippen molar-refractivity contribution in [3.63, 3.8) is 0 Å². The van der Waals surface area contributed by atoms with Crippen molar-refractivity contribution in [2.45, 2.75) is 13.1 Å². The molecule has 102 valence electrons. The number of hydrogen-bond donors (Lipinski definition) is 1. The van der Waals surface area contributed by atoms with E-state index in [0.717, 1.165) is 26.2 Å². The van der Waals surface area contributed by atoms with Crippen molar-refractivity contribution in [3.8, 4) is 11.4 Å². The van der Waals surface area contributed by atoms with Gasteiger partial charge in [0.25, 0.3) is 0 Å². The lowest BCUT2D eigenvalue weighted by molar-refractivity contribution is 0.186. The van der Waals surface area contributed by atoms with Crippen LogP contribution in [0.2, 0.25) is 0 Å². The first-order chi connectivity index (χ1) is 9.17. The number of hydrogen-bond acceptors (Lipinski definition) is 4. The van der Waals surface area contributed by atoms with Crippen molar-refractivity contribution in [2.75, 3.05) is 13.7 Å². The molecule has 5 nitrogen and oxygen atoms in total. The van der Waals surface area contributed by atoms with E-state index >= 15 is 0 Å². The van der Waals surface area contributed by atoms with Crippen LogP contribution in [-0.4, -0.2) is 28.5 Å². The van der Waals surface area contributed by atoms with Crippen LogP contribution in [0.5, 0.6) is 0 Å². The highest BCUT2D eigenvalue weighted by Crippen LogP contribution is 2.30. The largest absolute Gasteiger partial charge is 0.383 e. The number of nitrogens with zero attached hydrogens (tertiary/aromatic N) is 3. The smallest absolute Gasteiger partial charge is 0.165 e. The van der Waals surface area contributed by atoms with Crippen molar-refractivity contribution in [3.05, 3.63) is 33.0 Å². The standard InChI is InChI=1S/C12H14Br2N4O/c1-19-5-4-18-11(7-15)16-17-12(18)9-6-8(13)2-3-10(9)14/h2-3,6H,4-5,7,15H2,1H3. The van der Waals surface area contributed by atoms with Crippen LogP contribution in [0.4, 0.5) is 0 Å². The Kier molecular flexibility index (Phi) is 5.09. The van der Waals surface area contributed by atoms with E-state index in [1.54, 1.807) is 7.11 Å². The Morgan fingerprint density at radius 2 is 2.11 bits per heavy atom. The number of ether oxygens (including phenoxy) is 1. The number of benzene rings is 1. The molecule has 0 unspecified atom stereocenters. The predicted molar refractivity (Wildman–Crippen MR) is 80.6 cm³/mol. The summed E-state index contributed by atoms with van der Waals surface area (Å²) in [6, 6.07) is 5.93. The quantitative estimate of drug-likeness (QED) is 0.853. The maximum atomic E-state index is 5.70. The highest BCUT2D eigenvalue weighted by Gasteiger charge is 2.15. The van der Waals surface area contributed by atoms with Gasteiger partial charge in [0.05, 0.1) is 13.2 Å². The molecule has 1 aromatic carbocycles. The summed E-state index contributed by atoms with van der Waals surface area (Å²) in [5.41, 5.74) is 6.67. The van der Waals surface area contributed by atoms with E-state index in [2.05, 4.69) is 42.1 Å². The predicted octanol–water partition coefficient (Wildman–Crippen LogP) is 2.58. The van der Waals surface area contributed by atoms with Crippen molar-refractivity contribution >= 4 is 31.9 Å². The van der Waals surface area contributed by atoms with Crippen LogP contribution in [0.15, 0.2) is 27.1 Å². The van der Waals surface area contributed by atoms with E-state index in [1.807, 2.05) is 22.8 Å². The zero-order chi connectivity index (χ0) is 13.8. The first-order valence-electron chi connectivity index (χ1n) is 5.74. The summed E-state index contributed by atoms with van der Waals surface area (Å²) in [7, 11) is 1.67. The summed E-state index contributed by atoms with van der Waals surface area (Å²) < 4.78 is 9.05. The van der Waals surface area contributed by atoms with E-state index in [9.17, 15) is 0 Å². The van der Waals surface area contributed by atoms with Gasteiger partial charge in [-0.2, -0.15) is 0 Å². The summed E-state index contributed by atoms with van der Waals surface area (Å²) in [6.07, 6.45) is 0. The lowest BCUT2D eigenvalue weighted by Gasteiger charge is -2.10. The molecule has 1 heterocycles. The van der Waals surface area contributed by atoms with Gasteiger partial charge in [0.15, 0.2) is 5.82 Å². The molecule has 0 saturated heterocycles. The van der Waals surface area contributed by atoms with Gasteiger partial charge in [-0.1, -0.05) is 31.9 Å². The third-order valence-corrected chi connectivity index (χ3v) is 3.88. The Hall–Kier alpha value is -0.760. The van der Waals surface area contributed by atoms with Crippen LogP contribution >= 0.6 is 31.9 Å². The minimum Gasteiger partial charge on any atom is -0.383 e. The van der Waals surface area contributed by atoms with E-state index in [-0.39, 0.29) is 0 Å². The van der Waals surface area contributed by atoms with E-state index in [0.29, 0.717) is 19.7 Å². The van der Waals surface area contributed by atoms with Crippen molar-refractivity contribution in [2.24, 2.45) is 5.73 Å². The van der Waals surface area contributed by atoms with Crippen molar-refractivity contribution in [1.29, 1.82) is 0 Å². The molecule has 0 atom stereocenters. The third kappa shape index (κ3) is 3.22. The molecule has 0 aliphatic heterocycles. The molecule has 0 aliphatic carbocycles.